The van der Waals surface area contributed by atoms with Gasteiger partial charge in [0.05, 0.1) is 5.75 Å². The van der Waals surface area contributed by atoms with E-state index in [0.717, 1.165) is 4.90 Å². The highest BCUT2D eigenvalue weighted by atomic mass is 32.2. The van der Waals surface area contributed by atoms with Crippen molar-refractivity contribution in [2.24, 2.45) is 0 Å². The van der Waals surface area contributed by atoms with Gasteiger partial charge in [0, 0.05) is 30.2 Å². The van der Waals surface area contributed by atoms with Gasteiger partial charge in [-0.05, 0) is 49.7 Å². The summed E-state index contributed by atoms with van der Waals surface area (Å²) in [6, 6.07) is 13.1. The van der Waals surface area contributed by atoms with E-state index in [1.54, 1.807) is 38.4 Å². The van der Waals surface area contributed by atoms with Gasteiger partial charge in [-0.3, -0.25) is 9.59 Å². The quantitative estimate of drug-likeness (QED) is 0.842. The number of amides is 2. The minimum Gasteiger partial charge on any atom is -0.345 e. The molecule has 0 radical (unpaired) electrons. The molecule has 4 nitrogen and oxygen atoms in total. The van der Waals surface area contributed by atoms with E-state index in [9.17, 15) is 9.59 Å². The summed E-state index contributed by atoms with van der Waals surface area (Å²) in [7, 11) is 3.42. The van der Waals surface area contributed by atoms with Gasteiger partial charge in [-0.15, -0.1) is 11.8 Å². The molecule has 0 unspecified atom stereocenters. The molecule has 0 fully saturated rings. The number of carbonyl (C=O) groups excluding carboxylic acids is 2. The van der Waals surface area contributed by atoms with Gasteiger partial charge < -0.3 is 10.2 Å². The summed E-state index contributed by atoms with van der Waals surface area (Å²) >= 11 is 1.52. The van der Waals surface area contributed by atoms with Crippen molar-refractivity contribution in [3.8, 4) is 0 Å². The number of hydrogen-bond donors (Lipinski definition) is 1. The largest absolute Gasteiger partial charge is 0.345 e. The Morgan fingerprint density at radius 2 is 1.71 bits per heavy atom. The van der Waals surface area contributed by atoms with E-state index in [4.69, 9.17) is 0 Å². The second-order valence-electron chi connectivity index (χ2n) is 5.88. The van der Waals surface area contributed by atoms with E-state index < -0.39 is 0 Å². The fourth-order valence-corrected chi connectivity index (χ4v) is 3.07. The first-order chi connectivity index (χ1) is 11.4. The Kier molecular flexibility index (Phi) is 6.04. The van der Waals surface area contributed by atoms with Crippen molar-refractivity contribution < 1.29 is 9.59 Å². The number of nitrogens with zero attached hydrogens (tertiary/aromatic N) is 1. The lowest BCUT2D eigenvalue weighted by Gasteiger charge is -2.11. The predicted molar refractivity (Wildman–Crippen MR) is 99.7 cm³/mol. The van der Waals surface area contributed by atoms with Crippen LogP contribution in [0.15, 0.2) is 47.4 Å². The smallest absolute Gasteiger partial charge is 0.253 e. The Bertz CT molecular complexity index is 740. The number of rotatable bonds is 5. The molecule has 0 aliphatic carbocycles. The third-order valence-electron chi connectivity index (χ3n) is 3.51. The van der Waals surface area contributed by atoms with Gasteiger partial charge >= 0.3 is 0 Å². The van der Waals surface area contributed by atoms with Crippen LogP contribution in [0.25, 0.3) is 0 Å². The van der Waals surface area contributed by atoms with Crippen LogP contribution in [0, 0.1) is 13.8 Å². The SMILES string of the molecule is Cc1ccc(SCC(=O)Nc2ccc(C(=O)N(C)C)cc2)c(C)c1. The predicted octanol–water partition coefficient (Wildman–Crippen LogP) is 3.74. The Morgan fingerprint density at radius 3 is 2.29 bits per heavy atom. The first-order valence-corrected chi connectivity index (χ1v) is 8.67. The molecular formula is C19H22N2O2S. The van der Waals surface area contributed by atoms with Gasteiger partial charge in [0.25, 0.3) is 5.91 Å². The highest BCUT2D eigenvalue weighted by molar-refractivity contribution is 8.00. The first-order valence-electron chi connectivity index (χ1n) is 7.68. The van der Waals surface area contributed by atoms with Crippen molar-refractivity contribution in [2.45, 2.75) is 18.7 Å². The molecule has 2 aromatic carbocycles. The average Bonchev–Trinajstić information content (AvgIpc) is 2.54. The van der Waals surface area contributed by atoms with Gasteiger partial charge in [0.1, 0.15) is 0 Å². The molecule has 2 rings (SSSR count). The van der Waals surface area contributed by atoms with Crippen molar-refractivity contribution in [1.82, 2.24) is 4.90 Å². The van der Waals surface area contributed by atoms with Gasteiger partial charge in [-0.2, -0.15) is 0 Å². The molecule has 0 saturated heterocycles. The molecule has 0 atom stereocenters. The lowest BCUT2D eigenvalue weighted by molar-refractivity contribution is -0.113. The maximum absolute atomic E-state index is 12.1. The fraction of sp³-hybridized carbons (Fsp3) is 0.263. The molecule has 126 valence electrons. The number of anilines is 1. The second-order valence-corrected chi connectivity index (χ2v) is 6.90. The molecule has 0 aliphatic rings. The molecule has 0 aromatic heterocycles. The molecule has 0 bridgehead atoms. The van der Waals surface area contributed by atoms with Crippen LogP contribution < -0.4 is 5.32 Å². The summed E-state index contributed by atoms with van der Waals surface area (Å²) < 4.78 is 0. The van der Waals surface area contributed by atoms with Crippen LogP contribution in [0.2, 0.25) is 0 Å². The minimum absolute atomic E-state index is 0.0571. The summed E-state index contributed by atoms with van der Waals surface area (Å²) in [4.78, 5) is 26.5. The van der Waals surface area contributed by atoms with Crippen LogP contribution in [0.1, 0.15) is 21.5 Å². The van der Waals surface area contributed by atoms with Crippen molar-refractivity contribution >= 4 is 29.3 Å². The maximum atomic E-state index is 12.1. The molecule has 0 saturated carbocycles. The molecular weight excluding hydrogens is 320 g/mol. The number of thioether (sulfide) groups is 1. The van der Waals surface area contributed by atoms with Crippen LogP contribution in [0.4, 0.5) is 5.69 Å². The number of aryl methyl sites for hydroxylation is 2. The van der Waals surface area contributed by atoms with Crippen LogP contribution in [0.3, 0.4) is 0 Å². The normalized spacial score (nSPS) is 10.3. The van der Waals surface area contributed by atoms with Gasteiger partial charge in [0.15, 0.2) is 0 Å². The van der Waals surface area contributed by atoms with Gasteiger partial charge in [-0.25, -0.2) is 0 Å². The summed E-state index contributed by atoms with van der Waals surface area (Å²) in [5.41, 5.74) is 3.69. The van der Waals surface area contributed by atoms with Crippen molar-refractivity contribution in [3.63, 3.8) is 0 Å². The summed E-state index contributed by atoms with van der Waals surface area (Å²) in [6.07, 6.45) is 0. The fourth-order valence-electron chi connectivity index (χ4n) is 2.26. The topological polar surface area (TPSA) is 49.4 Å². The number of carbonyl (C=O) groups is 2. The summed E-state index contributed by atoms with van der Waals surface area (Å²) in [5.74, 6) is 0.229. The lowest BCUT2D eigenvalue weighted by Crippen LogP contribution is -2.21. The zero-order chi connectivity index (χ0) is 17.7. The van der Waals surface area contributed by atoms with Crippen LogP contribution in [-0.2, 0) is 4.79 Å². The van der Waals surface area contributed by atoms with E-state index in [1.807, 2.05) is 19.1 Å². The molecule has 0 aliphatic heterocycles. The van der Waals surface area contributed by atoms with Crippen molar-refractivity contribution in [3.05, 3.63) is 59.2 Å². The summed E-state index contributed by atoms with van der Waals surface area (Å²) in [5, 5.41) is 2.85. The minimum atomic E-state index is -0.0633. The standard InChI is InChI=1S/C19H22N2O2S/c1-13-5-10-17(14(2)11-13)24-12-18(22)20-16-8-6-15(7-9-16)19(23)21(3)4/h5-11H,12H2,1-4H3,(H,20,22). The Hall–Kier alpha value is -2.27. The highest BCUT2D eigenvalue weighted by Crippen LogP contribution is 2.23. The van der Waals surface area contributed by atoms with E-state index in [2.05, 4.69) is 18.3 Å². The zero-order valence-corrected chi connectivity index (χ0v) is 15.2. The Balaban J connectivity index is 1.91. The first kappa shape index (κ1) is 18.1. The van der Waals surface area contributed by atoms with Crippen LogP contribution in [0.5, 0.6) is 0 Å². The molecule has 24 heavy (non-hydrogen) atoms. The van der Waals surface area contributed by atoms with E-state index >= 15 is 0 Å². The van der Waals surface area contributed by atoms with E-state index in [0.29, 0.717) is 17.0 Å². The molecule has 5 heteroatoms. The Labute approximate surface area is 147 Å². The Morgan fingerprint density at radius 1 is 1.04 bits per heavy atom. The lowest BCUT2D eigenvalue weighted by atomic mass is 10.2. The second kappa shape index (κ2) is 8.02. The molecule has 2 aromatic rings. The van der Waals surface area contributed by atoms with Gasteiger partial charge in [-0.1, -0.05) is 17.7 Å². The van der Waals surface area contributed by atoms with Gasteiger partial charge in [0.2, 0.25) is 5.91 Å². The number of benzene rings is 2. The van der Waals surface area contributed by atoms with E-state index in [-0.39, 0.29) is 11.8 Å². The monoisotopic (exact) mass is 342 g/mol. The maximum Gasteiger partial charge on any atom is 0.253 e. The van der Waals surface area contributed by atoms with Crippen molar-refractivity contribution in [2.75, 3.05) is 25.2 Å². The molecule has 0 heterocycles. The molecule has 1 N–H and O–H groups in total. The highest BCUT2D eigenvalue weighted by Gasteiger charge is 2.09. The third kappa shape index (κ3) is 4.86. The van der Waals surface area contributed by atoms with Crippen LogP contribution in [-0.4, -0.2) is 36.6 Å². The average molecular weight is 342 g/mol. The zero-order valence-electron chi connectivity index (χ0n) is 14.4. The molecule has 0 spiro atoms. The number of nitrogens with one attached hydrogen (secondary N) is 1. The number of hydrogen-bond acceptors (Lipinski definition) is 3. The summed E-state index contributed by atoms with van der Waals surface area (Å²) in [6.45, 7) is 4.10. The molecule has 2 amide bonds. The third-order valence-corrected chi connectivity index (χ3v) is 4.69. The van der Waals surface area contributed by atoms with E-state index in [1.165, 1.54) is 27.8 Å². The van der Waals surface area contributed by atoms with Crippen LogP contribution >= 0.6 is 11.8 Å². The van der Waals surface area contributed by atoms with Crippen molar-refractivity contribution in [1.29, 1.82) is 0 Å².